The summed E-state index contributed by atoms with van der Waals surface area (Å²) in [5.74, 6) is 1.45. The third-order valence-corrected chi connectivity index (χ3v) is 11.8. The van der Waals surface area contributed by atoms with Crippen molar-refractivity contribution in [3.05, 3.63) is 120 Å². The van der Waals surface area contributed by atoms with Gasteiger partial charge in [0.05, 0.1) is 45.4 Å². The molecule has 55 heavy (non-hydrogen) atoms. The van der Waals surface area contributed by atoms with E-state index in [0.717, 1.165) is 39.2 Å². The second kappa shape index (κ2) is 18.5. The molecule has 0 aliphatic carbocycles. The third kappa shape index (κ3) is 8.54. The predicted molar refractivity (Wildman–Crippen MR) is 211 cm³/mol. The number of ether oxygens (including phenoxy) is 5. The molecule has 0 saturated carbocycles. The average molecular weight is 768 g/mol. The van der Waals surface area contributed by atoms with Crippen molar-refractivity contribution >= 4 is 19.6 Å². The van der Waals surface area contributed by atoms with Gasteiger partial charge in [0.1, 0.15) is 40.9 Å². The summed E-state index contributed by atoms with van der Waals surface area (Å²) in [4.78, 5) is 0. The molecule has 12 nitrogen and oxygen atoms in total. The van der Waals surface area contributed by atoms with Gasteiger partial charge in [0.2, 0.25) is 0 Å². The zero-order valence-corrected chi connectivity index (χ0v) is 33.3. The highest BCUT2D eigenvalue weighted by Gasteiger charge is 2.51. The summed E-state index contributed by atoms with van der Waals surface area (Å²) < 4.78 is 49.1. The van der Waals surface area contributed by atoms with Crippen LogP contribution in [0.4, 0.5) is 0 Å². The fourth-order valence-electron chi connectivity index (χ4n) is 7.17. The number of para-hydroxylation sites is 1. The lowest BCUT2D eigenvalue weighted by molar-refractivity contribution is -0.0968. The van der Waals surface area contributed by atoms with Crippen molar-refractivity contribution < 1.29 is 32.7 Å². The van der Waals surface area contributed by atoms with E-state index in [1.807, 2.05) is 91.0 Å². The van der Waals surface area contributed by atoms with Crippen LogP contribution >= 0.6 is 8.53 Å². The molecule has 0 radical (unpaired) electrons. The van der Waals surface area contributed by atoms with Crippen LogP contribution < -0.4 is 9.47 Å². The van der Waals surface area contributed by atoms with E-state index in [-0.39, 0.29) is 31.7 Å². The summed E-state index contributed by atoms with van der Waals surface area (Å²) >= 11 is 0. The van der Waals surface area contributed by atoms with Crippen LogP contribution in [-0.4, -0.2) is 84.6 Å². The van der Waals surface area contributed by atoms with E-state index in [1.54, 1.807) is 26.0 Å². The highest BCUT2D eigenvalue weighted by molar-refractivity contribution is 7.44. The second-order valence-electron chi connectivity index (χ2n) is 13.7. The second-order valence-corrected chi connectivity index (χ2v) is 15.1. The van der Waals surface area contributed by atoms with E-state index in [9.17, 15) is 5.26 Å². The maximum atomic E-state index is 9.39. The molecular weight excluding hydrogens is 717 g/mol. The molecule has 1 aliphatic heterocycles. The Morgan fingerprint density at radius 3 is 1.95 bits per heavy atom. The minimum Gasteiger partial charge on any atom is -0.497 e. The van der Waals surface area contributed by atoms with Gasteiger partial charge in [0.15, 0.2) is 6.23 Å². The zero-order chi connectivity index (χ0) is 39.0. The van der Waals surface area contributed by atoms with Gasteiger partial charge in [-0.2, -0.15) is 5.26 Å². The summed E-state index contributed by atoms with van der Waals surface area (Å²) in [5, 5.41) is 18.3. The highest BCUT2D eigenvalue weighted by atomic mass is 31.2. The van der Waals surface area contributed by atoms with Crippen LogP contribution in [0.15, 0.2) is 103 Å². The molecule has 0 bridgehead atoms. The molecule has 1 unspecified atom stereocenters. The Hall–Kier alpha value is -4.44. The maximum absolute atomic E-state index is 9.39. The molecule has 1 aromatic heterocycles. The van der Waals surface area contributed by atoms with Crippen LogP contribution in [0.3, 0.4) is 0 Å². The summed E-state index contributed by atoms with van der Waals surface area (Å²) in [6.07, 6.45) is -2.50. The molecule has 1 fully saturated rings. The molecule has 5 aromatic rings. The third-order valence-electron chi connectivity index (χ3n) is 9.69. The first-order chi connectivity index (χ1) is 26.7. The number of hydrogen-bond acceptors (Lipinski definition) is 11. The Morgan fingerprint density at radius 1 is 0.800 bits per heavy atom. The van der Waals surface area contributed by atoms with Crippen molar-refractivity contribution in [3.63, 3.8) is 0 Å². The number of benzene rings is 4. The molecule has 2 heterocycles. The van der Waals surface area contributed by atoms with Gasteiger partial charge in [-0.1, -0.05) is 71.9 Å². The Bertz CT molecular complexity index is 1930. The molecule has 4 aromatic carbocycles. The van der Waals surface area contributed by atoms with Gasteiger partial charge < -0.3 is 32.7 Å². The first-order valence-electron chi connectivity index (χ1n) is 18.5. The van der Waals surface area contributed by atoms with Crippen molar-refractivity contribution in [2.24, 2.45) is 0 Å². The van der Waals surface area contributed by atoms with E-state index in [1.165, 1.54) is 0 Å². The van der Waals surface area contributed by atoms with Crippen molar-refractivity contribution in [3.8, 4) is 17.6 Å². The van der Waals surface area contributed by atoms with Crippen molar-refractivity contribution in [1.29, 1.82) is 5.26 Å². The number of rotatable bonds is 18. The van der Waals surface area contributed by atoms with Crippen LogP contribution in [0.5, 0.6) is 11.5 Å². The van der Waals surface area contributed by atoms with Crippen molar-refractivity contribution in [2.75, 3.05) is 34.5 Å². The number of methoxy groups -OCH3 is 3. The van der Waals surface area contributed by atoms with Crippen molar-refractivity contribution in [1.82, 2.24) is 19.7 Å². The topological polar surface area (TPSA) is 122 Å². The molecule has 6 rings (SSSR count). The Balaban J connectivity index is 1.47. The van der Waals surface area contributed by atoms with E-state index < -0.39 is 38.7 Å². The molecular formula is C42H50N5O7P. The Kier molecular flexibility index (Phi) is 13.5. The van der Waals surface area contributed by atoms with Crippen LogP contribution in [0, 0.1) is 11.3 Å². The smallest absolute Gasteiger partial charge is 0.259 e. The summed E-state index contributed by atoms with van der Waals surface area (Å²) in [7, 11) is 3.26. The van der Waals surface area contributed by atoms with Gasteiger partial charge in [0.25, 0.3) is 8.53 Å². The summed E-state index contributed by atoms with van der Waals surface area (Å²) in [6, 6.07) is 36.0. The number of hydrogen-bond donors (Lipinski definition) is 0. The molecule has 0 N–H and O–H groups in total. The van der Waals surface area contributed by atoms with Crippen molar-refractivity contribution in [2.45, 2.75) is 76.3 Å². The molecule has 290 valence electrons. The Labute approximate surface area is 324 Å². The first-order valence-corrected chi connectivity index (χ1v) is 19.6. The summed E-state index contributed by atoms with van der Waals surface area (Å²) in [5.41, 5.74) is 3.10. The van der Waals surface area contributed by atoms with Crippen LogP contribution in [0.2, 0.25) is 0 Å². The number of nitriles is 1. The van der Waals surface area contributed by atoms with Gasteiger partial charge in [0, 0.05) is 19.2 Å². The fourth-order valence-corrected chi connectivity index (χ4v) is 8.94. The fraction of sp³-hybridized carbons (Fsp3) is 0.405. The van der Waals surface area contributed by atoms with Crippen LogP contribution in [-0.2, 0) is 28.9 Å². The molecule has 1 aliphatic rings. The molecule has 1 saturated heterocycles. The normalized spacial score (nSPS) is 19.3. The average Bonchev–Trinajstić information content (AvgIpc) is 3.79. The van der Waals surface area contributed by atoms with Gasteiger partial charge >= 0.3 is 0 Å². The van der Waals surface area contributed by atoms with Gasteiger partial charge in [-0.15, -0.1) is 5.10 Å². The lowest BCUT2D eigenvalue weighted by atomic mass is 9.80. The zero-order valence-electron chi connectivity index (χ0n) is 32.4. The minimum absolute atomic E-state index is 0.0747. The quantitative estimate of drug-likeness (QED) is 0.0489. The van der Waals surface area contributed by atoms with E-state index >= 15 is 0 Å². The number of aromatic nitrogens is 3. The minimum atomic E-state index is -1.68. The summed E-state index contributed by atoms with van der Waals surface area (Å²) in [6.45, 7) is 8.71. The van der Waals surface area contributed by atoms with Crippen LogP contribution in [0.25, 0.3) is 11.0 Å². The lowest BCUT2D eigenvalue weighted by Gasteiger charge is -2.39. The maximum Gasteiger partial charge on any atom is 0.259 e. The SMILES string of the molecule is COc1ccc(C(OC[C@H]2O[C@@H](n3nnc4ccccc43)[C@H](OC)[C@@H]2OP(OCCC#N)N(C(C)C)C(C)C)(c2ccccc2)c2ccc(OC)cc2)cc1. The van der Waals surface area contributed by atoms with Gasteiger partial charge in [-0.25, -0.2) is 9.35 Å². The van der Waals surface area contributed by atoms with Gasteiger partial charge in [-0.05, 0) is 80.8 Å². The predicted octanol–water partition coefficient (Wildman–Crippen LogP) is 8.03. The number of nitrogens with zero attached hydrogens (tertiary/aromatic N) is 5. The Morgan fingerprint density at radius 2 is 1.38 bits per heavy atom. The first kappa shape index (κ1) is 40.2. The molecule has 0 spiro atoms. The lowest BCUT2D eigenvalue weighted by Crippen LogP contribution is -2.42. The van der Waals surface area contributed by atoms with Crippen LogP contribution in [0.1, 0.15) is 57.0 Å². The van der Waals surface area contributed by atoms with E-state index in [4.69, 9.17) is 32.7 Å². The standard InChI is InChI=1S/C42H50N5O7P/c1-29(2)47(30(3)4)55(52-27-13-26-43)54-39-38(53-41(40(39)50-7)46-37-17-12-11-16-36(37)44-45-46)28-51-42(31-14-9-8-10-15-31,32-18-22-34(48-5)23-19-32)33-20-24-35(49-6)25-21-33/h8-12,14-25,29-30,38-41H,13,27-28H2,1-7H3/t38-,39-,40-,41-,55?/m1/s1. The molecule has 5 atom stereocenters. The molecule has 0 amide bonds. The monoisotopic (exact) mass is 767 g/mol. The van der Waals surface area contributed by atoms with E-state index in [0.29, 0.717) is 0 Å². The highest BCUT2D eigenvalue weighted by Crippen LogP contribution is 2.51. The largest absolute Gasteiger partial charge is 0.497 e. The van der Waals surface area contributed by atoms with E-state index in [2.05, 4.69) is 60.9 Å². The number of fused-ring (bicyclic) bond motifs is 1. The molecule has 13 heteroatoms. The van der Waals surface area contributed by atoms with Gasteiger partial charge in [-0.3, -0.25) is 0 Å².